The summed E-state index contributed by atoms with van der Waals surface area (Å²) in [5.41, 5.74) is 3.91. The fourth-order valence-electron chi connectivity index (χ4n) is 2.56. The first kappa shape index (κ1) is 18.9. The minimum atomic E-state index is -0.281. The van der Waals surface area contributed by atoms with Gasteiger partial charge in [0.15, 0.2) is 0 Å². The van der Waals surface area contributed by atoms with Crippen molar-refractivity contribution in [2.45, 2.75) is 20.8 Å². The van der Waals surface area contributed by atoms with Gasteiger partial charge >= 0.3 is 6.03 Å². The molecule has 0 aliphatic heterocycles. The molecular formula is C20H24ClN3O. The van der Waals surface area contributed by atoms with Gasteiger partial charge in [-0.15, -0.1) is 0 Å². The van der Waals surface area contributed by atoms with Gasteiger partial charge in [0, 0.05) is 35.7 Å². The Hall–Kier alpha value is -2.46. The number of nitrogens with one attached hydrogen (secondary N) is 2. The molecule has 0 saturated carbocycles. The van der Waals surface area contributed by atoms with Gasteiger partial charge in [0.05, 0.1) is 0 Å². The monoisotopic (exact) mass is 357 g/mol. The Bertz CT molecular complexity index is 754. The van der Waals surface area contributed by atoms with Crippen LogP contribution >= 0.6 is 11.6 Å². The average molecular weight is 358 g/mol. The van der Waals surface area contributed by atoms with Gasteiger partial charge in [-0.1, -0.05) is 23.7 Å². The third-order valence-corrected chi connectivity index (χ3v) is 4.16. The molecule has 0 saturated heterocycles. The first-order chi connectivity index (χ1) is 12.0. The van der Waals surface area contributed by atoms with E-state index in [9.17, 15) is 4.79 Å². The van der Waals surface area contributed by atoms with Crippen LogP contribution in [0.3, 0.4) is 0 Å². The van der Waals surface area contributed by atoms with Crippen LogP contribution in [-0.2, 0) is 0 Å². The fourth-order valence-corrected chi connectivity index (χ4v) is 2.75. The molecule has 4 nitrogen and oxygen atoms in total. The number of nitrogens with zero attached hydrogens (tertiary/aromatic N) is 1. The second-order valence-electron chi connectivity index (χ2n) is 5.66. The lowest BCUT2D eigenvalue weighted by Gasteiger charge is -2.22. The average Bonchev–Trinajstić information content (AvgIpc) is 2.58. The number of benzene rings is 2. The summed E-state index contributed by atoms with van der Waals surface area (Å²) >= 11 is 5.93. The first-order valence-electron chi connectivity index (χ1n) is 8.38. The van der Waals surface area contributed by atoms with Crippen LogP contribution in [-0.4, -0.2) is 19.1 Å². The highest BCUT2D eigenvalue weighted by molar-refractivity contribution is 6.30. The zero-order valence-electron chi connectivity index (χ0n) is 14.8. The summed E-state index contributed by atoms with van der Waals surface area (Å²) < 4.78 is 0. The quantitative estimate of drug-likeness (QED) is 0.738. The lowest BCUT2D eigenvalue weighted by Crippen LogP contribution is -2.25. The molecule has 25 heavy (non-hydrogen) atoms. The SMILES string of the molecule is CCN(CC)c1ccc(NC(=O)N/C=C/c2cccc(Cl)c2)c(C)c1. The van der Waals surface area contributed by atoms with Gasteiger partial charge < -0.3 is 15.5 Å². The molecule has 0 aromatic heterocycles. The van der Waals surface area contributed by atoms with E-state index < -0.39 is 0 Å². The second kappa shape index (κ2) is 9.14. The minimum absolute atomic E-state index is 0.281. The van der Waals surface area contributed by atoms with Crippen molar-refractivity contribution in [3.8, 4) is 0 Å². The van der Waals surface area contributed by atoms with Crippen molar-refractivity contribution in [2.24, 2.45) is 0 Å². The minimum Gasteiger partial charge on any atom is -0.372 e. The molecule has 0 spiro atoms. The second-order valence-corrected chi connectivity index (χ2v) is 6.09. The van der Waals surface area contributed by atoms with E-state index in [1.807, 2.05) is 43.3 Å². The number of rotatable bonds is 6. The third-order valence-electron chi connectivity index (χ3n) is 3.93. The number of halogens is 1. The summed E-state index contributed by atoms with van der Waals surface area (Å²) in [6.45, 7) is 8.16. The molecule has 0 aliphatic carbocycles. The molecule has 2 N–H and O–H groups in total. The number of hydrogen-bond donors (Lipinski definition) is 2. The molecule has 5 heteroatoms. The zero-order chi connectivity index (χ0) is 18.2. The lowest BCUT2D eigenvalue weighted by molar-refractivity contribution is 0.255. The van der Waals surface area contributed by atoms with Crippen molar-refractivity contribution in [1.82, 2.24) is 5.32 Å². The van der Waals surface area contributed by atoms with Crippen molar-refractivity contribution in [3.05, 3.63) is 64.8 Å². The highest BCUT2D eigenvalue weighted by atomic mass is 35.5. The molecule has 0 unspecified atom stereocenters. The summed E-state index contributed by atoms with van der Waals surface area (Å²) in [5, 5.41) is 6.23. The molecule has 0 radical (unpaired) electrons. The van der Waals surface area contributed by atoms with Gasteiger partial charge in [-0.05, 0) is 68.3 Å². The number of carbonyl (C=O) groups excluding carboxylic acids is 1. The van der Waals surface area contributed by atoms with Crippen LogP contribution in [0.5, 0.6) is 0 Å². The highest BCUT2D eigenvalue weighted by Crippen LogP contribution is 2.22. The van der Waals surface area contributed by atoms with E-state index in [1.54, 1.807) is 12.3 Å². The largest absolute Gasteiger partial charge is 0.372 e. The van der Waals surface area contributed by atoms with Crippen LogP contribution in [0.25, 0.3) is 6.08 Å². The third kappa shape index (κ3) is 5.54. The summed E-state index contributed by atoms with van der Waals surface area (Å²) in [7, 11) is 0. The Morgan fingerprint density at radius 2 is 1.92 bits per heavy atom. The van der Waals surface area contributed by atoms with E-state index in [0.29, 0.717) is 5.02 Å². The molecule has 0 heterocycles. The lowest BCUT2D eigenvalue weighted by atomic mass is 10.1. The van der Waals surface area contributed by atoms with Gasteiger partial charge in [-0.3, -0.25) is 0 Å². The Kier molecular flexibility index (Phi) is 6.90. The summed E-state index contributed by atoms with van der Waals surface area (Å²) in [4.78, 5) is 14.3. The van der Waals surface area contributed by atoms with Crippen LogP contribution in [0.15, 0.2) is 48.7 Å². The molecule has 2 amide bonds. The Balaban J connectivity index is 1.96. The number of hydrogen-bond acceptors (Lipinski definition) is 2. The smallest absolute Gasteiger partial charge is 0.323 e. The standard InChI is InChI=1S/C20H24ClN3O/c1-4-24(5-2)18-9-10-19(15(3)13-18)23-20(25)22-12-11-16-7-6-8-17(21)14-16/h6-14H,4-5H2,1-3H3,(H2,22,23,25)/b12-11+. The normalized spacial score (nSPS) is 10.7. The molecular weight excluding hydrogens is 334 g/mol. The maximum absolute atomic E-state index is 12.0. The van der Waals surface area contributed by atoms with Gasteiger partial charge in [-0.25, -0.2) is 4.79 Å². The molecule has 0 fully saturated rings. The van der Waals surface area contributed by atoms with Crippen LogP contribution in [0.1, 0.15) is 25.0 Å². The van der Waals surface area contributed by atoms with E-state index >= 15 is 0 Å². The van der Waals surface area contributed by atoms with Crippen molar-refractivity contribution in [2.75, 3.05) is 23.3 Å². The molecule has 0 aliphatic rings. The Morgan fingerprint density at radius 3 is 2.56 bits per heavy atom. The molecule has 2 aromatic carbocycles. The first-order valence-corrected chi connectivity index (χ1v) is 8.76. The van der Waals surface area contributed by atoms with Gasteiger partial charge in [-0.2, -0.15) is 0 Å². The van der Waals surface area contributed by atoms with Crippen molar-refractivity contribution < 1.29 is 4.79 Å². The van der Waals surface area contributed by atoms with Gasteiger partial charge in [0.2, 0.25) is 0 Å². The van der Waals surface area contributed by atoms with E-state index in [-0.39, 0.29) is 6.03 Å². The van der Waals surface area contributed by atoms with Crippen molar-refractivity contribution >= 4 is 35.1 Å². The van der Waals surface area contributed by atoms with Crippen molar-refractivity contribution in [1.29, 1.82) is 0 Å². The number of carbonyl (C=O) groups is 1. The fraction of sp³-hybridized carbons (Fsp3) is 0.250. The Labute approximate surface area is 154 Å². The van der Waals surface area contributed by atoms with E-state index in [1.165, 1.54) is 0 Å². The highest BCUT2D eigenvalue weighted by Gasteiger charge is 2.07. The zero-order valence-corrected chi connectivity index (χ0v) is 15.6. The predicted octanol–water partition coefficient (Wildman–Crippen LogP) is 5.29. The molecule has 0 bridgehead atoms. The van der Waals surface area contributed by atoms with Gasteiger partial charge in [0.1, 0.15) is 0 Å². The van der Waals surface area contributed by atoms with Crippen molar-refractivity contribution in [3.63, 3.8) is 0 Å². The topological polar surface area (TPSA) is 44.4 Å². The molecule has 2 rings (SSSR count). The van der Waals surface area contributed by atoms with E-state index in [2.05, 4.69) is 35.4 Å². The molecule has 0 atom stereocenters. The van der Waals surface area contributed by atoms with E-state index in [0.717, 1.165) is 35.6 Å². The van der Waals surface area contributed by atoms with Gasteiger partial charge in [0.25, 0.3) is 0 Å². The number of aryl methyl sites for hydroxylation is 1. The van der Waals surface area contributed by atoms with Crippen LogP contribution in [0.4, 0.5) is 16.2 Å². The maximum atomic E-state index is 12.0. The summed E-state index contributed by atoms with van der Waals surface area (Å²) in [6.07, 6.45) is 3.39. The van der Waals surface area contributed by atoms with Crippen LogP contribution in [0.2, 0.25) is 5.02 Å². The summed E-state index contributed by atoms with van der Waals surface area (Å²) in [5.74, 6) is 0. The molecule has 132 valence electrons. The van der Waals surface area contributed by atoms with E-state index in [4.69, 9.17) is 11.6 Å². The predicted molar refractivity (Wildman–Crippen MR) is 107 cm³/mol. The summed E-state index contributed by atoms with van der Waals surface area (Å²) in [6, 6.07) is 13.2. The number of amides is 2. The molecule has 2 aromatic rings. The number of urea groups is 1. The van der Waals surface area contributed by atoms with Crippen LogP contribution < -0.4 is 15.5 Å². The Morgan fingerprint density at radius 1 is 1.16 bits per heavy atom. The number of anilines is 2. The maximum Gasteiger partial charge on any atom is 0.323 e. The van der Waals surface area contributed by atoms with Crippen LogP contribution in [0, 0.1) is 6.92 Å².